The van der Waals surface area contributed by atoms with Gasteiger partial charge in [0.2, 0.25) is 0 Å². The summed E-state index contributed by atoms with van der Waals surface area (Å²) in [5.41, 5.74) is 5.17. The lowest BCUT2D eigenvalue weighted by molar-refractivity contribution is -0.129. The number of fused-ring (bicyclic) bond motifs is 1. The van der Waals surface area contributed by atoms with E-state index < -0.39 is 10.4 Å². The molecule has 1 aliphatic rings. The number of para-hydroxylation sites is 2. The fourth-order valence-corrected chi connectivity index (χ4v) is 1.44. The van der Waals surface area contributed by atoms with Gasteiger partial charge in [0.1, 0.15) is 6.61 Å². The van der Waals surface area contributed by atoms with Crippen molar-refractivity contribution in [3.05, 3.63) is 24.3 Å². The van der Waals surface area contributed by atoms with Gasteiger partial charge in [-0.3, -0.25) is 4.79 Å². The minimum absolute atomic E-state index is 0.0688. The van der Waals surface area contributed by atoms with Crippen molar-refractivity contribution in [2.45, 2.75) is 4.51 Å². The largest absolute Gasteiger partial charge is 0.484 e. The number of ether oxygens (including phenoxy) is 2. The van der Waals surface area contributed by atoms with E-state index in [0.717, 1.165) is 0 Å². The highest BCUT2D eigenvalue weighted by Crippen LogP contribution is 2.37. The van der Waals surface area contributed by atoms with Crippen LogP contribution in [0, 0.1) is 0 Å². The maximum atomic E-state index is 11.1. The highest BCUT2D eigenvalue weighted by atomic mass is 79.9. The lowest BCUT2D eigenvalue weighted by Gasteiger charge is -2.30. The van der Waals surface area contributed by atoms with E-state index in [1.807, 2.05) is 6.07 Å². The monoisotopic (exact) mass is 257 g/mol. The lowest BCUT2D eigenvalue weighted by Crippen LogP contribution is -2.50. The molecule has 2 rings (SSSR count). The summed E-state index contributed by atoms with van der Waals surface area (Å²) < 4.78 is 9.48. The van der Waals surface area contributed by atoms with Crippen molar-refractivity contribution in [1.82, 2.24) is 0 Å². The molecule has 0 aromatic heterocycles. The Bertz CT molecular complexity index is 382. The van der Waals surface area contributed by atoms with Crippen molar-refractivity contribution in [3.8, 4) is 11.5 Å². The summed E-state index contributed by atoms with van der Waals surface area (Å²) in [5.74, 6) is 0.519. The first kappa shape index (κ1) is 9.33. The number of benzene rings is 1. The van der Waals surface area contributed by atoms with E-state index in [0.29, 0.717) is 11.5 Å². The Labute approximate surface area is 89.1 Å². The van der Waals surface area contributed by atoms with Crippen LogP contribution in [-0.2, 0) is 4.79 Å². The van der Waals surface area contributed by atoms with Crippen molar-refractivity contribution in [2.24, 2.45) is 5.73 Å². The van der Waals surface area contributed by atoms with Crippen LogP contribution in [0.25, 0.3) is 0 Å². The molecular weight excluding hydrogens is 250 g/mol. The van der Waals surface area contributed by atoms with Crippen LogP contribution in [0.3, 0.4) is 0 Å². The van der Waals surface area contributed by atoms with Crippen molar-refractivity contribution in [3.63, 3.8) is 0 Å². The van der Waals surface area contributed by atoms with Crippen LogP contribution >= 0.6 is 15.9 Å². The average Bonchev–Trinajstić information content (AvgIpc) is 2.17. The fraction of sp³-hybridized carbons (Fsp3) is 0.222. The first-order valence-electron chi connectivity index (χ1n) is 4.01. The second-order valence-corrected chi connectivity index (χ2v) is 4.21. The van der Waals surface area contributed by atoms with Gasteiger partial charge < -0.3 is 15.2 Å². The van der Waals surface area contributed by atoms with E-state index in [2.05, 4.69) is 15.9 Å². The van der Waals surface area contributed by atoms with Gasteiger partial charge >= 0.3 is 0 Å². The molecule has 14 heavy (non-hydrogen) atoms. The quantitative estimate of drug-likeness (QED) is 0.765. The van der Waals surface area contributed by atoms with Crippen molar-refractivity contribution >= 4 is 21.8 Å². The van der Waals surface area contributed by atoms with Crippen LogP contribution in [0.1, 0.15) is 0 Å². The zero-order valence-electron chi connectivity index (χ0n) is 7.20. The van der Waals surface area contributed by atoms with Crippen LogP contribution in [0.5, 0.6) is 11.5 Å². The Morgan fingerprint density at radius 2 is 2.07 bits per heavy atom. The molecule has 0 fully saturated rings. The number of rotatable bonds is 1. The molecule has 1 atom stereocenters. The van der Waals surface area contributed by atoms with Crippen LogP contribution in [0.2, 0.25) is 0 Å². The van der Waals surface area contributed by atoms with Crippen LogP contribution < -0.4 is 15.2 Å². The van der Waals surface area contributed by atoms with Gasteiger partial charge in [-0.15, -0.1) is 0 Å². The predicted octanol–water partition coefficient (Wildman–Crippen LogP) is 1.03. The number of amides is 1. The zero-order valence-corrected chi connectivity index (χ0v) is 8.78. The summed E-state index contributed by atoms with van der Waals surface area (Å²) in [4.78, 5) is 11.1. The number of halogens is 1. The van der Waals surface area contributed by atoms with E-state index in [9.17, 15) is 4.79 Å². The van der Waals surface area contributed by atoms with Crippen LogP contribution in [0.15, 0.2) is 24.3 Å². The van der Waals surface area contributed by atoms with Gasteiger partial charge in [-0.2, -0.15) is 0 Å². The second-order valence-electron chi connectivity index (χ2n) is 2.93. The van der Waals surface area contributed by atoms with Crippen molar-refractivity contribution in [2.75, 3.05) is 6.61 Å². The third kappa shape index (κ3) is 1.43. The summed E-state index contributed by atoms with van der Waals surface area (Å²) >= 11 is 3.11. The molecular formula is C9H8BrNO3. The standard InChI is InChI=1S/C9H8BrNO3/c10-9(8(11)12)5-13-6-3-1-2-4-7(6)14-9/h1-4H,5H2,(H2,11,12). The number of carbonyl (C=O) groups excluding carboxylic acids is 1. The Morgan fingerprint density at radius 1 is 1.43 bits per heavy atom. The molecule has 2 N–H and O–H groups in total. The molecule has 0 spiro atoms. The zero-order chi connectivity index (χ0) is 10.2. The van der Waals surface area contributed by atoms with Gasteiger partial charge in [0.05, 0.1) is 0 Å². The van der Waals surface area contributed by atoms with Crippen molar-refractivity contribution < 1.29 is 14.3 Å². The third-order valence-electron chi connectivity index (χ3n) is 1.90. The van der Waals surface area contributed by atoms with Gasteiger partial charge in [-0.1, -0.05) is 12.1 Å². The Balaban J connectivity index is 2.34. The Morgan fingerprint density at radius 3 is 2.71 bits per heavy atom. The number of hydrogen-bond acceptors (Lipinski definition) is 3. The van der Waals surface area contributed by atoms with Gasteiger partial charge in [-0.05, 0) is 28.1 Å². The fourth-order valence-electron chi connectivity index (χ4n) is 1.15. The molecule has 0 bridgehead atoms. The maximum absolute atomic E-state index is 11.1. The molecule has 4 nitrogen and oxygen atoms in total. The molecule has 1 unspecified atom stereocenters. The maximum Gasteiger partial charge on any atom is 0.276 e. The number of nitrogens with two attached hydrogens (primary N) is 1. The number of alkyl halides is 1. The third-order valence-corrected chi connectivity index (χ3v) is 2.68. The molecule has 0 saturated carbocycles. The molecule has 1 aromatic rings. The molecule has 0 aliphatic carbocycles. The molecule has 1 heterocycles. The number of carbonyl (C=O) groups is 1. The summed E-state index contributed by atoms with van der Waals surface area (Å²) in [6.45, 7) is 0.0688. The highest BCUT2D eigenvalue weighted by Gasteiger charge is 2.41. The number of primary amides is 1. The first-order valence-corrected chi connectivity index (χ1v) is 4.81. The molecule has 1 amide bonds. The Kier molecular flexibility index (Phi) is 2.11. The summed E-state index contributed by atoms with van der Waals surface area (Å²) in [7, 11) is 0. The van der Waals surface area contributed by atoms with E-state index in [4.69, 9.17) is 15.2 Å². The molecule has 5 heteroatoms. The summed E-state index contributed by atoms with van der Waals surface area (Å²) in [6.07, 6.45) is 0. The molecule has 0 saturated heterocycles. The molecule has 1 aliphatic heterocycles. The Hall–Kier alpha value is -1.23. The topological polar surface area (TPSA) is 61.6 Å². The average molecular weight is 258 g/mol. The second kappa shape index (κ2) is 3.16. The molecule has 74 valence electrons. The number of hydrogen-bond donors (Lipinski definition) is 1. The molecule has 0 radical (unpaired) electrons. The van der Waals surface area contributed by atoms with Gasteiger partial charge in [0, 0.05) is 0 Å². The summed E-state index contributed by atoms with van der Waals surface area (Å²) in [6, 6.07) is 7.10. The van der Waals surface area contributed by atoms with E-state index in [1.165, 1.54) is 0 Å². The minimum Gasteiger partial charge on any atom is -0.484 e. The van der Waals surface area contributed by atoms with E-state index in [-0.39, 0.29) is 6.61 Å². The minimum atomic E-state index is -1.25. The van der Waals surface area contributed by atoms with Crippen molar-refractivity contribution in [1.29, 1.82) is 0 Å². The van der Waals surface area contributed by atoms with E-state index in [1.54, 1.807) is 18.2 Å². The first-order chi connectivity index (χ1) is 6.62. The lowest BCUT2D eigenvalue weighted by atomic mass is 10.2. The van der Waals surface area contributed by atoms with Gasteiger partial charge in [0.25, 0.3) is 10.4 Å². The van der Waals surface area contributed by atoms with E-state index >= 15 is 0 Å². The van der Waals surface area contributed by atoms with Gasteiger partial charge in [0.15, 0.2) is 11.5 Å². The van der Waals surface area contributed by atoms with Crippen LogP contribution in [-0.4, -0.2) is 17.0 Å². The smallest absolute Gasteiger partial charge is 0.276 e. The molecule has 1 aromatic carbocycles. The summed E-state index contributed by atoms with van der Waals surface area (Å²) in [5, 5.41) is 0. The van der Waals surface area contributed by atoms with Crippen LogP contribution in [0.4, 0.5) is 0 Å². The van der Waals surface area contributed by atoms with Gasteiger partial charge in [-0.25, -0.2) is 0 Å². The normalized spacial score (nSPS) is 24.4. The SMILES string of the molecule is NC(=O)C1(Br)COc2ccccc2O1. The highest BCUT2D eigenvalue weighted by molar-refractivity contribution is 9.10. The predicted molar refractivity (Wildman–Crippen MR) is 53.4 cm³/mol.